The van der Waals surface area contributed by atoms with Crippen LogP contribution in [0.15, 0.2) is 40.2 Å². The third-order valence-corrected chi connectivity index (χ3v) is 4.25. The summed E-state index contributed by atoms with van der Waals surface area (Å²) in [7, 11) is 0. The van der Waals surface area contributed by atoms with Gasteiger partial charge in [-0.2, -0.15) is 0 Å². The minimum Gasteiger partial charge on any atom is -0.344 e. The number of thiophene rings is 1. The molecule has 100 valence electrons. The number of amides is 1. The number of carbonyl (C=O) groups excluding carboxylic acids is 1. The zero-order chi connectivity index (χ0) is 13.8. The Morgan fingerprint density at radius 2 is 2.26 bits per heavy atom. The maximum absolute atomic E-state index is 13.6. The van der Waals surface area contributed by atoms with Crippen molar-refractivity contribution in [2.24, 2.45) is 0 Å². The van der Waals surface area contributed by atoms with Gasteiger partial charge in [0.1, 0.15) is 5.82 Å². The zero-order valence-electron chi connectivity index (χ0n) is 10.3. The highest BCUT2D eigenvalue weighted by atomic mass is 79.9. The number of halogens is 2. The van der Waals surface area contributed by atoms with E-state index >= 15 is 0 Å². The van der Waals surface area contributed by atoms with E-state index in [9.17, 15) is 9.18 Å². The quantitative estimate of drug-likeness (QED) is 0.869. The SMILES string of the molecule is CCC(NC(=O)c1cc(Br)ccc1F)c1cccs1. The molecule has 0 spiro atoms. The number of hydrogen-bond acceptors (Lipinski definition) is 2. The average Bonchev–Trinajstić information content (AvgIpc) is 2.92. The molecule has 1 heterocycles. The lowest BCUT2D eigenvalue weighted by atomic mass is 10.1. The smallest absolute Gasteiger partial charge is 0.254 e. The van der Waals surface area contributed by atoms with Crippen molar-refractivity contribution in [3.8, 4) is 0 Å². The monoisotopic (exact) mass is 341 g/mol. The van der Waals surface area contributed by atoms with Gasteiger partial charge in [-0.05, 0) is 36.1 Å². The van der Waals surface area contributed by atoms with Crippen molar-refractivity contribution < 1.29 is 9.18 Å². The molecule has 2 rings (SSSR count). The second-order valence-corrected chi connectivity index (χ2v) is 5.97. The molecule has 1 unspecified atom stereocenters. The maximum Gasteiger partial charge on any atom is 0.254 e. The van der Waals surface area contributed by atoms with Gasteiger partial charge in [-0.25, -0.2) is 4.39 Å². The molecule has 0 saturated carbocycles. The van der Waals surface area contributed by atoms with Gasteiger partial charge in [-0.3, -0.25) is 4.79 Å². The fraction of sp³-hybridized carbons (Fsp3) is 0.214. The van der Waals surface area contributed by atoms with Crippen LogP contribution in [0.25, 0.3) is 0 Å². The molecule has 0 aliphatic carbocycles. The van der Waals surface area contributed by atoms with Crippen molar-refractivity contribution in [2.75, 3.05) is 0 Å². The molecular weight excluding hydrogens is 329 g/mol. The van der Waals surface area contributed by atoms with Crippen LogP contribution in [0, 0.1) is 5.82 Å². The standard InChI is InChI=1S/C14H13BrFNOS/c1-2-12(13-4-3-7-19-13)17-14(18)10-8-9(15)5-6-11(10)16/h3-8,12H,2H2,1H3,(H,17,18). The summed E-state index contributed by atoms with van der Waals surface area (Å²) in [5.74, 6) is -0.902. The Morgan fingerprint density at radius 3 is 2.89 bits per heavy atom. The molecule has 0 radical (unpaired) electrons. The second kappa shape index (κ2) is 6.30. The number of benzene rings is 1. The number of hydrogen-bond donors (Lipinski definition) is 1. The summed E-state index contributed by atoms with van der Waals surface area (Å²) in [5.41, 5.74) is 0.0596. The second-order valence-electron chi connectivity index (χ2n) is 4.07. The first kappa shape index (κ1) is 14.2. The molecule has 0 aliphatic rings. The topological polar surface area (TPSA) is 29.1 Å². The van der Waals surface area contributed by atoms with Crippen LogP contribution >= 0.6 is 27.3 Å². The van der Waals surface area contributed by atoms with Gasteiger partial charge in [-0.1, -0.05) is 28.9 Å². The van der Waals surface area contributed by atoms with Crippen molar-refractivity contribution in [3.63, 3.8) is 0 Å². The van der Waals surface area contributed by atoms with Crippen molar-refractivity contribution in [1.29, 1.82) is 0 Å². The molecule has 5 heteroatoms. The first-order valence-electron chi connectivity index (χ1n) is 5.91. The summed E-state index contributed by atoms with van der Waals surface area (Å²) >= 11 is 4.82. The summed E-state index contributed by atoms with van der Waals surface area (Å²) in [4.78, 5) is 13.2. The molecule has 1 aromatic carbocycles. The highest BCUT2D eigenvalue weighted by Gasteiger charge is 2.17. The lowest BCUT2D eigenvalue weighted by Gasteiger charge is -2.15. The van der Waals surface area contributed by atoms with Gasteiger partial charge in [0.2, 0.25) is 0 Å². The van der Waals surface area contributed by atoms with Gasteiger partial charge in [0.25, 0.3) is 5.91 Å². The first-order valence-corrected chi connectivity index (χ1v) is 7.58. The van der Waals surface area contributed by atoms with E-state index in [4.69, 9.17) is 0 Å². The van der Waals surface area contributed by atoms with Gasteiger partial charge in [-0.15, -0.1) is 11.3 Å². The molecule has 2 aromatic rings. The Labute approximate surface area is 123 Å². The fourth-order valence-corrected chi connectivity index (χ4v) is 2.99. The molecule has 1 N–H and O–H groups in total. The van der Waals surface area contributed by atoms with E-state index in [0.717, 1.165) is 11.3 Å². The number of rotatable bonds is 4. The zero-order valence-corrected chi connectivity index (χ0v) is 12.7. The molecule has 0 saturated heterocycles. The predicted molar refractivity (Wildman–Crippen MR) is 78.9 cm³/mol. The van der Waals surface area contributed by atoms with Gasteiger partial charge < -0.3 is 5.32 Å². The van der Waals surface area contributed by atoms with Crippen LogP contribution in [0.2, 0.25) is 0 Å². The highest BCUT2D eigenvalue weighted by Crippen LogP contribution is 2.23. The maximum atomic E-state index is 13.6. The Kier molecular flexibility index (Phi) is 4.71. The summed E-state index contributed by atoms with van der Waals surface area (Å²) < 4.78 is 14.3. The summed E-state index contributed by atoms with van der Waals surface area (Å²) in [6.45, 7) is 1.99. The Balaban J connectivity index is 2.18. The molecule has 1 aromatic heterocycles. The van der Waals surface area contributed by atoms with Crippen LogP contribution in [0.4, 0.5) is 4.39 Å². The Morgan fingerprint density at radius 1 is 1.47 bits per heavy atom. The average molecular weight is 342 g/mol. The fourth-order valence-electron chi connectivity index (χ4n) is 1.77. The van der Waals surface area contributed by atoms with E-state index in [-0.39, 0.29) is 17.5 Å². The van der Waals surface area contributed by atoms with Crippen molar-refractivity contribution in [1.82, 2.24) is 5.32 Å². The highest BCUT2D eigenvalue weighted by molar-refractivity contribution is 9.10. The molecule has 2 nitrogen and oxygen atoms in total. The predicted octanol–water partition coefficient (Wildman–Crippen LogP) is 4.53. The van der Waals surface area contributed by atoms with Crippen LogP contribution < -0.4 is 5.32 Å². The molecule has 1 amide bonds. The van der Waals surface area contributed by atoms with Crippen molar-refractivity contribution in [2.45, 2.75) is 19.4 Å². The van der Waals surface area contributed by atoms with Crippen LogP contribution in [-0.4, -0.2) is 5.91 Å². The van der Waals surface area contributed by atoms with Crippen molar-refractivity contribution >= 4 is 33.2 Å². The minimum atomic E-state index is -0.512. The molecule has 0 fully saturated rings. The lowest BCUT2D eigenvalue weighted by Crippen LogP contribution is -2.28. The third kappa shape index (κ3) is 3.42. The summed E-state index contributed by atoms with van der Waals surface area (Å²) in [6, 6.07) is 8.18. The Hall–Kier alpha value is -1.20. The van der Waals surface area contributed by atoms with Gasteiger partial charge in [0.15, 0.2) is 0 Å². The van der Waals surface area contributed by atoms with E-state index in [2.05, 4.69) is 21.2 Å². The van der Waals surface area contributed by atoms with Crippen LogP contribution in [-0.2, 0) is 0 Å². The largest absolute Gasteiger partial charge is 0.344 e. The van der Waals surface area contributed by atoms with Crippen LogP contribution in [0.1, 0.15) is 34.6 Å². The Bertz CT molecular complexity index is 571. The number of carbonyl (C=O) groups is 1. The first-order chi connectivity index (χ1) is 9.11. The van der Waals surface area contributed by atoms with E-state index in [1.165, 1.54) is 12.1 Å². The molecule has 19 heavy (non-hydrogen) atoms. The van der Waals surface area contributed by atoms with E-state index in [1.54, 1.807) is 17.4 Å². The van der Waals surface area contributed by atoms with Crippen LogP contribution in [0.3, 0.4) is 0 Å². The normalized spacial score (nSPS) is 12.2. The third-order valence-electron chi connectivity index (χ3n) is 2.77. The van der Waals surface area contributed by atoms with E-state index in [1.807, 2.05) is 24.4 Å². The lowest BCUT2D eigenvalue weighted by molar-refractivity contribution is 0.0932. The van der Waals surface area contributed by atoms with E-state index in [0.29, 0.717) is 4.47 Å². The van der Waals surface area contributed by atoms with Crippen LogP contribution in [0.5, 0.6) is 0 Å². The molecule has 0 bridgehead atoms. The number of nitrogens with one attached hydrogen (secondary N) is 1. The van der Waals surface area contributed by atoms with Crippen molar-refractivity contribution in [3.05, 3.63) is 56.4 Å². The molecule has 0 aliphatic heterocycles. The molecule has 1 atom stereocenters. The molecular formula is C14H13BrFNOS. The summed E-state index contributed by atoms with van der Waals surface area (Å²) in [5, 5.41) is 4.83. The van der Waals surface area contributed by atoms with Gasteiger partial charge in [0.05, 0.1) is 11.6 Å². The minimum absolute atomic E-state index is 0.0596. The van der Waals surface area contributed by atoms with E-state index < -0.39 is 5.82 Å². The van der Waals surface area contributed by atoms with Gasteiger partial charge in [0, 0.05) is 9.35 Å². The summed E-state index contributed by atoms with van der Waals surface area (Å²) in [6.07, 6.45) is 0.766. The van der Waals surface area contributed by atoms with Gasteiger partial charge >= 0.3 is 0 Å².